The number of benzene rings is 1. The summed E-state index contributed by atoms with van der Waals surface area (Å²) >= 11 is 1.70. The molecular weight excluding hydrogens is 230 g/mol. The summed E-state index contributed by atoms with van der Waals surface area (Å²) in [6, 6.07) is 8.22. The Morgan fingerprint density at radius 2 is 2.29 bits per heavy atom. The fourth-order valence-corrected chi connectivity index (χ4v) is 2.46. The van der Waals surface area contributed by atoms with E-state index >= 15 is 0 Å². The molecule has 1 unspecified atom stereocenters. The quantitative estimate of drug-likeness (QED) is 0.817. The van der Waals surface area contributed by atoms with Crippen LogP contribution in [0.25, 0.3) is 0 Å². The summed E-state index contributed by atoms with van der Waals surface area (Å²) in [5.41, 5.74) is 8.83. The zero-order valence-corrected chi connectivity index (χ0v) is 10.9. The first kappa shape index (κ1) is 12.1. The highest BCUT2D eigenvalue weighted by Gasteiger charge is 2.08. The number of thiazole rings is 1. The van der Waals surface area contributed by atoms with Crippen LogP contribution in [0, 0.1) is 6.92 Å². The molecule has 0 radical (unpaired) electrons. The van der Waals surface area contributed by atoms with E-state index in [1.165, 1.54) is 5.56 Å². The minimum atomic E-state index is 0.273. The van der Waals surface area contributed by atoms with Crippen molar-refractivity contribution in [3.63, 3.8) is 0 Å². The minimum Gasteiger partial charge on any atom is -0.399 e. The molecule has 1 aromatic heterocycles. The molecule has 3 nitrogen and oxygen atoms in total. The normalized spacial score (nSPS) is 12.6. The molecule has 0 saturated carbocycles. The molecule has 0 fully saturated rings. The largest absolute Gasteiger partial charge is 0.399 e. The fourth-order valence-electron chi connectivity index (χ4n) is 1.63. The lowest BCUT2D eigenvalue weighted by molar-refractivity contribution is 0.571. The maximum Gasteiger partial charge on any atom is 0.110 e. The summed E-state index contributed by atoms with van der Waals surface area (Å²) in [5, 5.41) is 6.66. The van der Waals surface area contributed by atoms with Crippen LogP contribution in [-0.4, -0.2) is 4.98 Å². The van der Waals surface area contributed by atoms with Crippen LogP contribution in [0.1, 0.15) is 29.2 Å². The van der Waals surface area contributed by atoms with Crippen LogP contribution >= 0.6 is 11.3 Å². The van der Waals surface area contributed by atoms with Crippen molar-refractivity contribution in [2.75, 3.05) is 5.73 Å². The summed E-state index contributed by atoms with van der Waals surface area (Å²) in [4.78, 5) is 4.47. The summed E-state index contributed by atoms with van der Waals surface area (Å²) in [7, 11) is 0. The number of rotatable bonds is 4. The van der Waals surface area contributed by atoms with Gasteiger partial charge in [0, 0.05) is 23.3 Å². The zero-order chi connectivity index (χ0) is 12.3. The molecule has 1 atom stereocenters. The van der Waals surface area contributed by atoms with Crippen LogP contribution in [0.15, 0.2) is 29.6 Å². The first-order valence-electron chi connectivity index (χ1n) is 5.65. The molecule has 0 aliphatic carbocycles. The molecule has 2 aromatic rings. The van der Waals surface area contributed by atoms with Gasteiger partial charge in [-0.1, -0.05) is 12.1 Å². The average Bonchev–Trinajstić information content (AvgIpc) is 2.73. The van der Waals surface area contributed by atoms with Crippen molar-refractivity contribution >= 4 is 17.0 Å². The molecule has 0 spiro atoms. The smallest absolute Gasteiger partial charge is 0.110 e. The van der Waals surface area contributed by atoms with Gasteiger partial charge in [0.2, 0.25) is 0 Å². The van der Waals surface area contributed by atoms with Crippen molar-refractivity contribution in [3.8, 4) is 0 Å². The van der Waals surface area contributed by atoms with Gasteiger partial charge in [0.25, 0.3) is 0 Å². The van der Waals surface area contributed by atoms with Gasteiger partial charge in [0.05, 0.1) is 6.04 Å². The monoisotopic (exact) mass is 247 g/mol. The molecular formula is C13H17N3S. The summed E-state index contributed by atoms with van der Waals surface area (Å²) in [5.74, 6) is 0. The number of nitrogen functional groups attached to an aromatic ring is 1. The minimum absolute atomic E-state index is 0.273. The Morgan fingerprint density at radius 3 is 2.94 bits per heavy atom. The Bertz CT molecular complexity index is 493. The van der Waals surface area contributed by atoms with Crippen LogP contribution in [0.3, 0.4) is 0 Å². The van der Waals surface area contributed by atoms with Crippen molar-refractivity contribution in [3.05, 3.63) is 45.9 Å². The first-order chi connectivity index (χ1) is 8.15. The molecule has 4 heteroatoms. The molecule has 0 aliphatic heterocycles. The molecule has 90 valence electrons. The molecule has 0 amide bonds. The fraction of sp³-hybridized carbons (Fsp3) is 0.308. The van der Waals surface area contributed by atoms with E-state index in [0.29, 0.717) is 0 Å². The Morgan fingerprint density at radius 1 is 1.47 bits per heavy atom. The highest BCUT2D eigenvalue weighted by molar-refractivity contribution is 7.09. The second kappa shape index (κ2) is 5.29. The van der Waals surface area contributed by atoms with Crippen LogP contribution in [0.2, 0.25) is 0 Å². The van der Waals surface area contributed by atoms with E-state index in [-0.39, 0.29) is 6.04 Å². The Labute approximate surface area is 106 Å². The zero-order valence-electron chi connectivity index (χ0n) is 10.1. The summed E-state index contributed by atoms with van der Waals surface area (Å²) < 4.78 is 0. The van der Waals surface area contributed by atoms with Gasteiger partial charge in [-0.15, -0.1) is 11.3 Å². The number of hydrogen-bond acceptors (Lipinski definition) is 4. The number of aryl methyl sites for hydroxylation is 1. The number of nitrogens with zero attached hydrogens (tertiary/aromatic N) is 1. The maximum atomic E-state index is 5.74. The van der Waals surface area contributed by atoms with Crippen molar-refractivity contribution in [2.45, 2.75) is 26.4 Å². The van der Waals surface area contributed by atoms with E-state index in [2.05, 4.69) is 28.7 Å². The lowest BCUT2D eigenvalue weighted by Crippen LogP contribution is -2.18. The van der Waals surface area contributed by atoms with Gasteiger partial charge in [-0.3, -0.25) is 0 Å². The molecule has 0 aliphatic rings. The predicted molar refractivity (Wildman–Crippen MR) is 73.0 cm³/mol. The summed E-state index contributed by atoms with van der Waals surface area (Å²) in [6.45, 7) is 4.96. The van der Waals surface area contributed by atoms with Gasteiger partial charge in [-0.2, -0.15) is 0 Å². The standard InChI is InChI=1S/C13H17N3S/c1-9-8-17-13(16-9)10(2)15-7-11-4-3-5-12(14)6-11/h3-6,8,10,15H,7,14H2,1-2H3. The van der Waals surface area contributed by atoms with Gasteiger partial charge >= 0.3 is 0 Å². The van der Waals surface area contributed by atoms with E-state index in [0.717, 1.165) is 22.9 Å². The molecule has 2 rings (SSSR count). The van der Waals surface area contributed by atoms with Gasteiger partial charge in [-0.25, -0.2) is 4.98 Å². The highest BCUT2D eigenvalue weighted by atomic mass is 32.1. The molecule has 0 bridgehead atoms. The Kier molecular flexibility index (Phi) is 3.76. The van der Waals surface area contributed by atoms with Gasteiger partial charge in [0.1, 0.15) is 5.01 Å². The van der Waals surface area contributed by atoms with E-state index in [4.69, 9.17) is 5.73 Å². The topological polar surface area (TPSA) is 50.9 Å². The third kappa shape index (κ3) is 3.28. The van der Waals surface area contributed by atoms with Gasteiger partial charge < -0.3 is 11.1 Å². The van der Waals surface area contributed by atoms with Crippen molar-refractivity contribution in [2.24, 2.45) is 0 Å². The number of hydrogen-bond donors (Lipinski definition) is 2. The third-order valence-electron chi connectivity index (χ3n) is 2.57. The Balaban J connectivity index is 1.94. The predicted octanol–water partition coefficient (Wildman–Crippen LogP) is 2.88. The number of nitrogens with two attached hydrogens (primary N) is 1. The maximum absolute atomic E-state index is 5.74. The second-order valence-electron chi connectivity index (χ2n) is 4.17. The average molecular weight is 247 g/mol. The Hall–Kier alpha value is -1.39. The van der Waals surface area contributed by atoms with Gasteiger partial charge in [0.15, 0.2) is 0 Å². The van der Waals surface area contributed by atoms with Crippen LogP contribution in [0.5, 0.6) is 0 Å². The van der Waals surface area contributed by atoms with Gasteiger partial charge in [-0.05, 0) is 31.5 Å². The second-order valence-corrected chi connectivity index (χ2v) is 5.06. The van der Waals surface area contributed by atoms with Crippen LogP contribution in [-0.2, 0) is 6.54 Å². The lowest BCUT2D eigenvalue weighted by Gasteiger charge is -2.11. The van der Waals surface area contributed by atoms with E-state index < -0.39 is 0 Å². The molecule has 1 aromatic carbocycles. The van der Waals surface area contributed by atoms with E-state index in [9.17, 15) is 0 Å². The first-order valence-corrected chi connectivity index (χ1v) is 6.53. The van der Waals surface area contributed by atoms with E-state index in [1.807, 2.05) is 25.1 Å². The molecule has 0 saturated heterocycles. The molecule has 1 heterocycles. The van der Waals surface area contributed by atoms with Crippen molar-refractivity contribution < 1.29 is 0 Å². The number of anilines is 1. The van der Waals surface area contributed by atoms with E-state index in [1.54, 1.807) is 11.3 Å². The lowest BCUT2D eigenvalue weighted by atomic mass is 10.2. The summed E-state index contributed by atoms with van der Waals surface area (Å²) in [6.07, 6.45) is 0. The SMILES string of the molecule is Cc1csc(C(C)NCc2cccc(N)c2)n1. The third-order valence-corrected chi connectivity index (χ3v) is 3.72. The van der Waals surface area contributed by atoms with Crippen molar-refractivity contribution in [1.29, 1.82) is 0 Å². The van der Waals surface area contributed by atoms with Crippen LogP contribution in [0.4, 0.5) is 5.69 Å². The number of aromatic nitrogens is 1. The van der Waals surface area contributed by atoms with Crippen molar-refractivity contribution in [1.82, 2.24) is 10.3 Å². The number of nitrogens with one attached hydrogen (secondary N) is 1. The highest BCUT2D eigenvalue weighted by Crippen LogP contribution is 2.18. The molecule has 3 N–H and O–H groups in total. The molecule has 17 heavy (non-hydrogen) atoms. The van der Waals surface area contributed by atoms with Crippen LogP contribution < -0.4 is 11.1 Å².